The van der Waals surface area contributed by atoms with Crippen molar-refractivity contribution in [3.63, 3.8) is 0 Å². The van der Waals surface area contributed by atoms with Gasteiger partial charge in [-0.05, 0) is 37.1 Å². The molecule has 24 heavy (non-hydrogen) atoms. The first-order valence-electron chi connectivity index (χ1n) is 8.10. The molecule has 0 saturated heterocycles. The second-order valence-corrected chi connectivity index (χ2v) is 6.10. The third kappa shape index (κ3) is 3.98. The number of rotatable bonds is 6. The second-order valence-electron chi connectivity index (χ2n) is 6.10. The van der Waals surface area contributed by atoms with E-state index >= 15 is 0 Å². The molecule has 0 radical (unpaired) electrons. The van der Waals surface area contributed by atoms with Crippen molar-refractivity contribution >= 4 is 11.6 Å². The first-order chi connectivity index (χ1) is 11.6. The Morgan fingerprint density at radius 1 is 1.33 bits per heavy atom. The van der Waals surface area contributed by atoms with E-state index in [1.807, 2.05) is 36.4 Å². The number of amides is 1. The highest BCUT2D eigenvalue weighted by Crippen LogP contribution is 2.29. The number of ether oxygens (including phenoxy) is 2. The first-order valence-corrected chi connectivity index (χ1v) is 8.10. The van der Waals surface area contributed by atoms with Gasteiger partial charge in [0.05, 0.1) is 6.61 Å². The quantitative estimate of drug-likeness (QED) is 0.856. The average Bonchev–Trinajstić information content (AvgIpc) is 2.60. The second kappa shape index (κ2) is 7.25. The lowest BCUT2D eigenvalue weighted by molar-refractivity contribution is -0.119. The molecule has 2 aromatic rings. The average molecular weight is 326 g/mol. The predicted octanol–water partition coefficient (Wildman–Crippen LogP) is 2.60. The Morgan fingerprint density at radius 3 is 3.00 bits per heavy atom. The summed E-state index contributed by atoms with van der Waals surface area (Å²) in [6.07, 6.45) is 0.988. The molecular weight excluding hydrogens is 304 g/mol. The van der Waals surface area contributed by atoms with Gasteiger partial charge in [0, 0.05) is 23.7 Å². The molecule has 126 valence electrons. The van der Waals surface area contributed by atoms with Crippen LogP contribution in [0.4, 0.5) is 5.69 Å². The Kier molecular flexibility index (Phi) is 4.89. The monoisotopic (exact) mass is 326 g/mol. The van der Waals surface area contributed by atoms with Crippen LogP contribution in [0.15, 0.2) is 48.5 Å². The smallest absolute Gasteiger partial charge is 0.255 e. The Hall–Kier alpha value is -2.69. The van der Waals surface area contributed by atoms with Gasteiger partial charge in [0.2, 0.25) is 0 Å². The van der Waals surface area contributed by atoms with Crippen LogP contribution in [0.1, 0.15) is 12.5 Å². The number of hydrogen-bond acceptors (Lipinski definition) is 4. The fraction of sp³-hybridized carbons (Fsp3) is 0.316. The van der Waals surface area contributed by atoms with Crippen molar-refractivity contribution in [2.24, 2.45) is 11.7 Å². The number of primary amides is 1. The van der Waals surface area contributed by atoms with Gasteiger partial charge >= 0.3 is 0 Å². The molecule has 1 aliphatic rings. The maximum atomic E-state index is 10.8. The molecule has 2 aromatic carbocycles. The van der Waals surface area contributed by atoms with Crippen LogP contribution in [-0.4, -0.2) is 25.2 Å². The maximum Gasteiger partial charge on any atom is 0.255 e. The molecule has 3 rings (SSSR count). The first kappa shape index (κ1) is 16.2. The lowest BCUT2D eigenvalue weighted by atomic mass is 9.91. The number of anilines is 1. The number of carbonyl (C=O) groups excluding carboxylic acids is 1. The minimum atomic E-state index is -0.486. The summed E-state index contributed by atoms with van der Waals surface area (Å²) in [6.45, 7) is 2.73. The van der Waals surface area contributed by atoms with Crippen LogP contribution < -0.4 is 20.5 Å². The SMILES string of the molecule is CC(Nc1cccc(OCC(N)=O)c1)C1COc2ccccc2C1. The minimum Gasteiger partial charge on any atom is -0.493 e. The van der Waals surface area contributed by atoms with Crippen molar-refractivity contribution in [1.29, 1.82) is 0 Å². The Balaban J connectivity index is 1.62. The maximum absolute atomic E-state index is 10.8. The summed E-state index contributed by atoms with van der Waals surface area (Å²) in [6, 6.07) is 16.0. The van der Waals surface area contributed by atoms with Gasteiger partial charge in [-0.25, -0.2) is 0 Å². The molecule has 1 amide bonds. The summed E-state index contributed by atoms with van der Waals surface area (Å²) in [7, 11) is 0. The molecule has 0 spiro atoms. The van der Waals surface area contributed by atoms with E-state index < -0.39 is 5.91 Å². The number of benzene rings is 2. The number of carbonyl (C=O) groups is 1. The highest BCUT2D eigenvalue weighted by atomic mass is 16.5. The van der Waals surface area contributed by atoms with Crippen molar-refractivity contribution in [1.82, 2.24) is 0 Å². The molecule has 3 N–H and O–H groups in total. The minimum absolute atomic E-state index is 0.119. The molecule has 2 unspecified atom stereocenters. The van der Waals surface area contributed by atoms with Gasteiger partial charge in [-0.1, -0.05) is 24.3 Å². The van der Waals surface area contributed by atoms with E-state index in [9.17, 15) is 4.79 Å². The van der Waals surface area contributed by atoms with Gasteiger partial charge in [0.25, 0.3) is 5.91 Å². The third-order valence-electron chi connectivity index (χ3n) is 4.22. The summed E-state index contributed by atoms with van der Waals surface area (Å²) in [5, 5.41) is 3.49. The van der Waals surface area contributed by atoms with Gasteiger partial charge in [0.15, 0.2) is 6.61 Å². The highest BCUT2D eigenvalue weighted by Gasteiger charge is 2.24. The molecule has 1 heterocycles. The number of nitrogens with one attached hydrogen (secondary N) is 1. The number of nitrogens with two attached hydrogens (primary N) is 1. The van der Waals surface area contributed by atoms with Crippen LogP contribution in [0.25, 0.3) is 0 Å². The Labute approximate surface area is 141 Å². The largest absolute Gasteiger partial charge is 0.493 e. The zero-order valence-corrected chi connectivity index (χ0v) is 13.7. The van der Waals surface area contributed by atoms with Crippen LogP contribution >= 0.6 is 0 Å². The highest BCUT2D eigenvalue weighted by molar-refractivity contribution is 5.75. The number of hydrogen-bond donors (Lipinski definition) is 2. The lowest BCUT2D eigenvalue weighted by Crippen LogP contribution is -2.34. The molecule has 0 fully saturated rings. The predicted molar refractivity (Wildman–Crippen MR) is 93.3 cm³/mol. The van der Waals surface area contributed by atoms with E-state index in [0.717, 1.165) is 17.9 Å². The van der Waals surface area contributed by atoms with E-state index in [1.165, 1.54) is 5.56 Å². The fourth-order valence-corrected chi connectivity index (χ4v) is 2.88. The van der Waals surface area contributed by atoms with Crippen LogP contribution in [0.2, 0.25) is 0 Å². The van der Waals surface area contributed by atoms with Gasteiger partial charge < -0.3 is 20.5 Å². The molecule has 5 heteroatoms. The Bertz CT molecular complexity index is 717. The van der Waals surface area contributed by atoms with Crippen molar-refractivity contribution < 1.29 is 14.3 Å². The van der Waals surface area contributed by atoms with Gasteiger partial charge in [-0.3, -0.25) is 4.79 Å². The molecular formula is C19H22N2O3. The zero-order valence-electron chi connectivity index (χ0n) is 13.7. The van der Waals surface area contributed by atoms with E-state index in [4.69, 9.17) is 15.2 Å². The summed E-state index contributed by atoms with van der Waals surface area (Å²) < 4.78 is 11.2. The summed E-state index contributed by atoms with van der Waals surface area (Å²) >= 11 is 0. The van der Waals surface area contributed by atoms with Crippen molar-refractivity contribution in [3.05, 3.63) is 54.1 Å². The molecule has 0 aliphatic carbocycles. The lowest BCUT2D eigenvalue weighted by Gasteiger charge is -2.30. The van der Waals surface area contributed by atoms with Crippen molar-refractivity contribution in [2.75, 3.05) is 18.5 Å². The molecule has 0 aromatic heterocycles. The van der Waals surface area contributed by atoms with E-state index in [-0.39, 0.29) is 12.6 Å². The molecule has 0 saturated carbocycles. The third-order valence-corrected chi connectivity index (χ3v) is 4.22. The van der Waals surface area contributed by atoms with Crippen LogP contribution in [-0.2, 0) is 11.2 Å². The van der Waals surface area contributed by atoms with Crippen LogP contribution in [0.3, 0.4) is 0 Å². The topological polar surface area (TPSA) is 73.6 Å². The van der Waals surface area contributed by atoms with Crippen LogP contribution in [0, 0.1) is 5.92 Å². The van der Waals surface area contributed by atoms with Gasteiger partial charge in [-0.2, -0.15) is 0 Å². The van der Waals surface area contributed by atoms with E-state index in [1.54, 1.807) is 6.07 Å². The Morgan fingerprint density at radius 2 is 2.17 bits per heavy atom. The molecule has 1 aliphatic heterocycles. The van der Waals surface area contributed by atoms with Crippen LogP contribution in [0.5, 0.6) is 11.5 Å². The molecule has 2 atom stereocenters. The van der Waals surface area contributed by atoms with E-state index in [2.05, 4.69) is 18.3 Å². The van der Waals surface area contributed by atoms with E-state index in [0.29, 0.717) is 18.3 Å². The normalized spacial score (nSPS) is 17.3. The number of para-hydroxylation sites is 1. The number of fused-ring (bicyclic) bond motifs is 1. The molecule has 0 bridgehead atoms. The zero-order chi connectivity index (χ0) is 16.9. The standard InChI is InChI=1S/C19H22N2O3/c1-13(15-9-14-5-2-3-8-18(14)24-11-15)21-16-6-4-7-17(10-16)23-12-19(20)22/h2-8,10,13,15,21H,9,11-12H2,1H3,(H2,20,22). The molecule has 5 nitrogen and oxygen atoms in total. The van der Waals surface area contributed by atoms with Crippen molar-refractivity contribution in [2.45, 2.75) is 19.4 Å². The summed E-state index contributed by atoms with van der Waals surface area (Å²) in [4.78, 5) is 10.8. The summed E-state index contributed by atoms with van der Waals surface area (Å²) in [5.41, 5.74) is 7.30. The van der Waals surface area contributed by atoms with Gasteiger partial charge in [0.1, 0.15) is 11.5 Å². The summed E-state index contributed by atoms with van der Waals surface area (Å²) in [5.74, 6) is 1.51. The van der Waals surface area contributed by atoms with Gasteiger partial charge in [-0.15, -0.1) is 0 Å². The van der Waals surface area contributed by atoms with Crippen molar-refractivity contribution in [3.8, 4) is 11.5 Å². The fourth-order valence-electron chi connectivity index (χ4n) is 2.88.